The molecule has 7 nitrogen and oxygen atoms in total. The van der Waals surface area contributed by atoms with E-state index in [0.717, 1.165) is 31.9 Å². The van der Waals surface area contributed by atoms with E-state index in [4.69, 9.17) is 0 Å². The molecule has 3 fully saturated rings. The number of aliphatic carboxylic acids is 1. The van der Waals surface area contributed by atoms with Gasteiger partial charge in [0.25, 0.3) is 0 Å². The topological polar surface area (TPSA) is 104 Å². The summed E-state index contributed by atoms with van der Waals surface area (Å²) in [6, 6.07) is 1.29. The second-order valence-electron chi connectivity index (χ2n) is 7.38. The zero-order chi connectivity index (χ0) is 18.5. The van der Waals surface area contributed by atoms with Crippen LogP contribution in [0.3, 0.4) is 0 Å². The van der Waals surface area contributed by atoms with Crippen molar-refractivity contribution in [2.45, 2.75) is 31.7 Å². The smallest absolute Gasteiger partial charge is 0.308 e. The molecular formula is C18H18FN5O2S. The first kappa shape index (κ1) is 16.6. The third-order valence-corrected chi connectivity index (χ3v) is 6.61. The van der Waals surface area contributed by atoms with Crippen LogP contribution in [0.15, 0.2) is 18.5 Å². The number of rotatable bonds is 4. The highest BCUT2D eigenvalue weighted by Crippen LogP contribution is 2.46. The molecule has 3 saturated carbocycles. The Hall–Kier alpha value is -2.55. The zero-order valence-electron chi connectivity index (χ0n) is 14.4. The highest BCUT2D eigenvalue weighted by Gasteiger charge is 2.47. The minimum atomic E-state index is -0.732. The van der Waals surface area contributed by atoms with Gasteiger partial charge in [-0.15, -0.1) is 0 Å². The quantitative estimate of drug-likeness (QED) is 0.633. The molecule has 0 spiro atoms. The molecule has 0 aromatic carbocycles. The number of carbonyl (C=O) groups is 1. The van der Waals surface area contributed by atoms with Gasteiger partial charge in [0.2, 0.25) is 5.13 Å². The van der Waals surface area contributed by atoms with Gasteiger partial charge in [-0.1, -0.05) is 0 Å². The molecular weight excluding hydrogens is 369 g/mol. The SMILES string of the molecule is O=C(O)[C@H]1C2CCC(CC2)C1Nc1nc(-c2c[nH]c3ncc(F)cc23)ns1. The van der Waals surface area contributed by atoms with Gasteiger partial charge in [-0.2, -0.15) is 9.36 Å². The maximum Gasteiger partial charge on any atom is 0.308 e. The monoisotopic (exact) mass is 387 g/mol. The van der Waals surface area contributed by atoms with E-state index in [9.17, 15) is 14.3 Å². The van der Waals surface area contributed by atoms with Crippen molar-refractivity contribution < 1.29 is 14.3 Å². The molecule has 3 aromatic heterocycles. The van der Waals surface area contributed by atoms with Gasteiger partial charge in [0.1, 0.15) is 11.5 Å². The Morgan fingerprint density at radius 2 is 2.07 bits per heavy atom. The van der Waals surface area contributed by atoms with E-state index in [1.807, 2.05) is 0 Å². The van der Waals surface area contributed by atoms with Crippen LogP contribution in [0.5, 0.6) is 0 Å². The summed E-state index contributed by atoms with van der Waals surface area (Å²) in [4.78, 5) is 23.3. The minimum absolute atomic E-state index is 0.113. The van der Waals surface area contributed by atoms with Crippen LogP contribution in [0.25, 0.3) is 22.4 Å². The van der Waals surface area contributed by atoms with Crippen LogP contribution in [0.1, 0.15) is 25.7 Å². The summed E-state index contributed by atoms with van der Waals surface area (Å²) in [6.45, 7) is 0. The van der Waals surface area contributed by atoms with Crippen molar-refractivity contribution in [1.29, 1.82) is 0 Å². The van der Waals surface area contributed by atoms with Gasteiger partial charge in [0.15, 0.2) is 5.82 Å². The van der Waals surface area contributed by atoms with E-state index in [1.165, 1.54) is 17.6 Å². The molecule has 2 bridgehead atoms. The normalized spacial score (nSPS) is 27.1. The lowest BCUT2D eigenvalue weighted by atomic mass is 9.61. The number of aromatic nitrogens is 4. The molecule has 0 aliphatic heterocycles. The number of hydrogen-bond acceptors (Lipinski definition) is 6. The number of anilines is 1. The number of fused-ring (bicyclic) bond motifs is 4. The molecule has 6 rings (SSSR count). The first-order valence-corrected chi connectivity index (χ1v) is 9.83. The number of carboxylic acids is 1. The lowest BCUT2D eigenvalue weighted by Gasteiger charge is -2.46. The Morgan fingerprint density at radius 3 is 2.85 bits per heavy atom. The number of pyridine rings is 1. The standard InChI is InChI=1S/C18H18FN5O2S/c19-10-5-11-12(7-21-15(11)20-6-10)16-23-18(27-24-16)22-14-9-3-1-8(2-4-9)13(14)17(25)26/h5-9,13-14H,1-4H2,(H,20,21)(H,25,26)(H,22,23,24)/t8?,9?,13-,14?/m0/s1. The van der Waals surface area contributed by atoms with Gasteiger partial charge < -0.3 is 15.4 Å². The molecule has 3 aliphatic carbocycles. The van der Waals surface area contributed by atoms with Crippen LogP contribution in [-0.4, -0.2) is 36.4 Å². The lowest BCUT2D eigenvalue weighted by Crippen LogP contribution is -2.51. The first-order chi connectivity index (χ1) is 13.1. The van der Waals surface area contributed by atoms with Crippen LogP contribution in [0.4, 0.5) is 9.52 Å². The van der Waals surface area contributed by atoms with Gasteiger partial charge in [-0.05, 0) is 43.6 Å². The molecule has 27 heavy (non-hydrogen) atoms. The van der Waals surface area contributed by atoms with Gasteiger partial charge in [-0.3, -0.25) is 4.79 Å². The van der Waals surface area contributed by atoms with Crippen molar-refractivity contribution in [3.8, 4) is 11.4 Å². The van der Waals surface area contributed by atoms with E-state index in [-0.39, 0.29) is 17.9 Å². The summed E-state index contributed by atoms with van der Waals surface area (Å²) in [5.74, 6) is -0.454. The van der Waals surface area contributed by atoms with Crippen molar-refractivity contribution in [2.75, 3.05) is 5.32 Å². The van der Waals surface area contributed by atoms with Crippen LogP contribution in [-0.2, 0) is 4.79 Å². The number of nitrogens with zero attached hydrogens (tertiary/aromatic N) is 3. The average molecular weight is 387 g/mol. The highest BCUT2D eigenvalue weighted by atomic mass is 32.1. The fourth-order valence-electron chi connectivity index (χ4n) is 4.71. The molecule has 0 amide bonds. The Kier molecular flexibility index (Phi) is 3.85. The van der Waals surface area contributed by atoms with Gasteiger partial charge in [0, 0.05) is 34.7 Å². The van der Waals surface area contributed by atoms with E-state index in [1.54, 1.807) is 6.20 Å². The first-order valence-electron chi connectivity index (χ1n) is 9.06. The summed E-state index contributed by atoms with van der Waals surface area (Å²) >= 11 is 1.20. The summed E-state index contributed by atoms with van der Waals surface area (Å²) in [7, 11) is 0. The Labute approximate surface area is 158 Å². The third kappa shape index (κ3) is 2.77. The predicted molar refractivity (Wildman–Crippen MR) is 98.9 cm³/mol. The molecule has 3 aromatic rings. The fourth-order valence-corrected chi connectivity index (χ4v) is 5.34. The molecule has 3 aliphatic rings. The molecule has 3 N–H and O–H groups in total. The van der Waals surface area contributed by atoms with E-state index in [2.05, 4.69) is 24.6 Å². The highest BCUT2D eigenvalue weighted by molar-refractivity contribution is 7.09. The van der Waals surface area contributed by atoms with Gasteiger partial charge >= 0.3 is 5.97 Å². The third-order valence-electron chi connectivity index (χ3n) is 5.96. The van der Waals surface area contributed by atoms with Crippen LogP contribution < -0.4 is 5.32 Å². The lowest BCUT2D eigenvalue weighted by molar-refractivity contribution is -0.148. The molecule has 9 heteroatoms. The van der Waals surface area contributed by atoms with Crippen molar-refractivity contribution in [1.82, 2.24) is 19.3 Å². The van der Waals surface area contributed by atoms with Crippen molar-refractivity contribution in [3.63, 3.8) is 0 Å². The average Bonchev–Trinajstić information content (AvgIpc) is 3.28. The summed E-state index contributed by atoms with van der Waals surface area (Å²) in [5, 5.41) is 14.3. The Morgan fingerprint density at radius 1 is 1.30 bits per heavy atom. The number of nitrogens with one attached hydrogen (secondary N) is 2. The van der Waals surface area contributed by atoms with Crippen LogP contribution in [0.2, 0.25) is 0 Å². The number of halogens is 1. The summed E-state index contributed by atoms with van der Waals surface area (Å²) in [5.41, 5.74) is 1.26. The fraction of sp³-hybridized carbons (Fsp3) is 0.444. The second kappa shape index (κ2) is 6.26. The maximum absolute atomic E-state index is 13.5. The summed E-state index contributed by atoms with van der Waals surface area (Å²) < 4.78 is 17.9. The van der Waals surface area contributed by atoms with Crippen molar-refractivity contribution in [3.05, 3.63) is 24.3 Å². The molecule has 1 unspecified atom stereocenters. The van der Waals surface area contributed by atoms with Crippen LogP contribution >= 0.6 is 11.5 Å². The molecule has 140 valence electrons. The molecule has 0 radical (unpaired) electrons. The summed E-state index contributed by atoms with van der Waals surface area (Å²) in [6.07, 6.45) is 6.99. The molecule has 2 atom stereocenters. The zero-order valence-corrected chi connectivity index (χ0v) is 15.2. The number of aromatic amines is 1. The number of H-pyrrole nitrogens is 1. The van der Waals surface area contributed by atoms with Crippen LogP contribution in [0, 0.1) is 23.6 Å². The van der Waals surface area contributed by atoms with E-state index >= 15 is 0 Å². The Bertz CT molecular complexity index is 1010. The largest absolute Gasteiger partial charge is 0.481 e. The number of carboxylic acid groups (broad SMARTS) is 1. The van der Waals surface area contributed by atoms with E-state index in [0.29, 0.717) is 33.5 Å². The molecule has 0 saturated heterocycles. The Balaban J connectivity index is 1.43. The predicted octanol–water partition coefficient (Wildman–Crippen LogP) is 3.52. The number of hydrogen-bond donors (Lipinski definition) is 3. The molecule has 3 heterocycles. The van der Waals surface area contributed by atoms with Gasteiger partial charge in [-0.25, -0.2) is 9.37 Å². The van der Waals surface area contributed by atoms with Crippen molar-refractivity contribution >= 4 is 33.7 Å². The van der Waals surface area contributed by atoms with Gasteiger partial charge in [0.05, 0.1) is 12.1 Å². The second-order valence-corrected chi connectivity index (χ2v) is 8.14. The van der Waals surface area contributed by atoms with E-state index < -0.39 is 11.8 Å². The van der Waals surface area contributed by atoms with Crippen molar-refractivity contribution in [2.24, 2.45) is 17.8 Å². The minimum Gasteiger partial charge on any atom is -0.481 e. The maximum atomic E-state index is 13.5.